The molecular formula is C18H23N3O5. The molecule has 3 rings (SSSR count). The van der Waals surface area contributed by atoms with Crippen molar-refractivity contribution in [3.63, 3.8) is 0 Å². The van der Waals surface area contributed by atoms with Crippen LogP contribution in [0.2, 0.25) is 0 Å². The zero-order chi connectivity index (χ0) is 18.5. The second-order valence-corrected chi connectivity index (χ2v) is 6.62. The van der Waals surface area contributed by atoms with E-state index in [1.807, 2.05) is 30.3 Å². The van der Waals surface area contributed by atoms with Gasteiger partial charge < -0.3 is 25.0 Å². The Labute approximate surface area is 151 Å². The van der Waals surface area contributed by atoms with Crippen LogP contribution in [0.25, 0.3) is 0 Å². The summed E-state index contributed by atoms with van der Waals surface area (Å²) in [5, 5.41) is 11.8. The molecule has 0 spiro atoms. The predicted molar refractivity (Wildman–Crippen MR) is 92.8 cm³/mol. The van der Waals surface area contributed by atoms with Gasteiger partial charge in [0.1, 0.15) is 12.4 Å². The minimum Gasteiger partial charge on any atom is -0.492 e. The third-order valence-corrected chi connectivity index (χ3v) is 4.74. The maximum atomic E-state index is 12.2. The average Bonchev–Trinajstić information content (AvgIpc) is 3.23. The molecule has 2 unspecified atom stereocenters. The SMILES string of the molecule is O=C(O)C1CCN(C(=O)NC2CC(=O)N(CCOc3ccccc3)C2)C1. The summed E-state index contributed by atoms with van der Waals surface area (Å²) in [5.41, 5.74) is 0. The highest BCUT2D eigenvalue weighted by Crippen LogP contribution is 2.18. The molecule has 0 aliphatic carbocycles. The van der Waals surface area contributed by atoms with Crippen molar-refractivity contribution in [2.75, 3.05) is 32.8 Å². The summed E-state index contributed by atoms with van der Waals surface area (Å²) in [6, 6.07) is 8.84. The monoisotopic (exact) mass is 361 g/mol. The number of hydrogen-bond donors (Lipinski definition) is 2. The van der Waals surface area contributed by atoms with Crippen molar-refractivity contribution in [2.24, 2.45) is 5.92 Å². The maximum Gasteiger partial charge on any atom is 0.317 e. The zero-order valence-electron chi connectivity index (χ0n) is 14.5. The van der Waals surface area contributed by atoms with Crippen molar-refractivity contribution in [3.05, 3.63) is 30.3 Å². The van der Waals surface area contributed by atoms with Crippen molar-refractivity contribution >= 4 is 17.9 Å². The van der Waals surface area contributed by atoms with Gasteiger partial charge in [0.2, 0.25) is 5.91 Å². The van der Waals surface area contributed by atoms with Crippen LogP contribution in [0.3, 0.4) is 0 Å². The largest absolute Gasteiger partial charge is 0.492 e. The molecule has 3 amide bonds. The number of hydrogen-bond acceptors (Lipinski definition) is 4. The lowest BCUT2D eigenvalue weighted by atomic mass is 10.1. The topological polar surface area (TPSA) is 99.2 Å². The Morgan fingerprint density at radius 1 is 1.23 bits per heavy atom. The van der Waals surface area contributed by atoms with Gasteiger partial charge in [-0.2, -0.15) is 0 Å². The molecule has 0 saturated carbocycles. The number of para-hydroxylation sites is 1. The van der Waals surface area contributed by atoms with E-state index < -0.39 is 11.9 Å². The first kappa shape index (κ1) is 18.0. The van der Waals surface area contributed by atoms with Gasteiger partial charge in [-0.05, 0) is 18.6 Å². The highest BCUT2D eigenvalue weighted by molar-refractivity contribution is 5.82. The molecule has 2 heterocycles. The van der Waals surface area contributed by atoms with Crippen LogP contribution in [-0.2, 0) is 9.59 Å². The standard InChI is InChI=1S/C18H23N3O5/c22-16-10-14(19-18(25)21-7-6-13(11-21)17(23)24)12-20(16)8-9-26-15-4-2-1-3-5-15/h1-5,13-14H,6-12H2,(H,19,25)(H,23,24). The third kappa shape index (κ3) is 4.44. The van der Waals surface area contributed by atoms with E-state index in [2.05, 4.69) is 5.32 Å². The van der Waals surface area contributed by atoms with E-state index in [1.165, 1.54) is 4.90 Å². The minimum atomic E-state index is -0.874. The molecule has 1 aromatic rings. The van der Waals surface area contributed by atoms with Crippen LogP contribution in [0.1, 0.15) is 12.8 Å². The number of benzene rings is 1. The lowest BCUT2D eigenvalue weighted by molar-refractivity contribution is -0.141. The van der Waals surface area contributed by atoms with E-state index in [9.17, 15) is 14.4 Å². The van der Waals surface area contributed by atoms with Crippen molar-refractivity contribution in [1.82, 2.24) is 15.1 Å². The number of carboxylic acid groups (broad SMARTS) is 1. The lowest BCUT2D eigenvalue weighted by Gasteiger charge is -2.21. The Morgan fingerprint density at radius 2 is 2.00 bits per heavy atom. The number of urea groups is 1. The van der Waals surface area contributed by atoms with Crippen LogP contribution in [0, 0.1) is 5.92 Å². The predicted octanol–water partition coefficient (Wildman–Crippen LogP) is 0.782. The first-order valence-electron chi connectivity index (χ1n) is 8.77. The van der Waals surface area contributed by atoms with Gasteiger partial charge in [0.15, 0.2) is 0 Å². The molecule has 2 N–H and O–H groups in total. The smallest absolute Gasteiger partial charge is 0.317 e. The number of carbonyl (C=O) groups excluding carboxylic acids is 2. The highest BCUT2D eigenvalue weighted by Gasteiger charge is 2.34. The molecule has 140 valence electrons. The molecule has 1 aromatic carbocycles. The number of ether oxygens (including phenoxy) is 1. The highest BCUT2D eigenvalue weighted by atomic mass is 16.5. The van der Waals surface area contributed by atoms with Gasteiger partial charge in [-0.15, -0.1) is 0 Å². The van der Waals surface area contributed by atoms with Crippen LogP contribution in [0.4, 0.5) is 4.79 Å². The van der Waals surface area contributed by atoms with Crippen molar-refractivity contribution in [3.8, 4) is 5.75 Å². The van der Waals surface area contributed by atoms with E-state index in [0.717, 1.165) is 5.75 Å². The summed E-state index contributed by atoms with van der Waals surface area (Å²) < 4.78 is 5.60. The molecule has 0 radical (unpaired) electrons. The summed E-state index contributed by atoms with van der Waals surface area (Å²) in [7, 11) is 0. The van der Waals surface area contributed by atoms with Crippen LogP contribution in [0.5, 0.6) is 5.75 Å². The third-order valence-electron chi connectivity index (χ3n) is 4.74. The first-order chi connectivity index (χ1) is 12.5. The second kappa shape index (κ2) is 8.07. The Balaban J connectivity index is 1.41. The molecule has 2 atom stereocenters. The molecule has 8 heteroatoms. The number of rotatable bonds is 6. The molecule has 2 saturated heterocycles. The Morgan fingerprint density at radius 3 is 2.69 bits per heavy atom. The summed E-state index contributed by atoms with van der Waals surface area (Å²) in [6.07, 6.45) is 0.725. The maximum absolute atomic E-state index is 12.2. The van der Waals surface area contributed by atoms with Crippen LogP contribution >= 0.6 is 0 Å². The van der Waals surface area contributed by atoms with E-state index in [1.54, 1.807) is 4.90 Å². The number of nitrogens with zero attached hydrogens (tertiary/aromatic N) is 2. The molecule has 8 nitrogen and oxygen atoms in total. The molecule has 26 heavy (non-hydrogen) atoms. The summed E-state index contributed by atoms with van der Waals surface area (Å²) in [4.78, 5) is 38.5. The van der Waals surface area contributed by atoms with Gasteiger partial charge >= 0.3 is 12.0 Å². The lowest BCUT2D eigenvalue weighted by Crippen LogP contribution is -2.45. The van der Waals surface area contributed by atoms with Gasteiger partial charge in [-0.1, -0.05) is 18.2 Å². The van der Waals surface area contributed by atoms with Gasteiger partial charge in [-0.3, -0.25) is 9.59 Å². The van der Waals surface area contributed by atoms with E-state index >= 15 is 0 Å². The fourth-order valence-corrected chi connectivity index (χ4v) is 3.29. The number of amides is 3. The zero-order valence-corrected chi connectivity index (χ0v) is 14.5. The van der Waals surface area contributed by atoms with Crippen LogP contribution in [0.15, 0.2) is 30.3 Å². The number of aliphatic carboxylic acids is 1. The molecule has 0 bridgehead atoms. The Kier molecular flexibility index (Phi) is 5.60. The summed E-state index contributed by atoms with van der Waals surface area (Å²) in [5.74, 6) is -0.638. The number of carboxylic acids is 1. The van der Waals surface area contributed by atoms with E-state index in [-0.39, 0.29) is 30.9 Å². The Hall–Kier alpha value is -2.77. The summed E-state index contributed by atoms with van der Waals surface area (Å²) >= 11 is 0. The average molecular weight is 361 g/mol. The first-order valence-corrected chi connectivity index (χ1v) is 8.77. The number of likely N-dealkylation sites (tertiary alicyclic amines) is 2. The van der Waals surface area contributed by atoms with Crippen LogP contribution in [-0.4, -0.2) is 71.6 Å². The van der Waals surface area contributed by atoms with Gasteiger partial charge in [0.25, 0.3) is 0 Å². The van der Waals surface area contributed by atoms with Crippen molar-refractivity contribution in [2.45, 2.75) is 18.9 Å². The van der Waals surface area contributed by atoms with Gasteiger partial charge in [-0.25, -0.2) is 4.79 Å². The van der Waals surface area contributed by atoms with Crippen molar-refractivity contribution in [1.29, 1.82) is 0 Å². The van der Waals surface area contributed by atoms with Gasteiger partial charge in [0.05, 0.1) is 18.5 Å². The quantitative estimate of drug-likeness (QED) is 0.780. The summed E-state index contributed by atoms with van der Waals surface area (Å²) in [6.45, 7) is 1.95. The molecule has 2 aliphatic heterocycles. The molecular weight excluding hydrogens is 338 g/mol. The molecule has 2 aliphatic rings. The van der Waals surface area contributed by atoms with Crippen LogP contribution < -0.4 is 10.1 Å². The molecule has 0 aromatic heterocycles. The second-order valence-electron chi connectivity index (χ2n) is 6.62. The van der Waals surface area contributed by atoms with Crippen molar-refractivity contribution < 1.29 is 24.2 Å². The molecule has 2 fully saturated rings. The number of carbonyl (C=O) groups is 3. The van der Waals surface area contributed by atoms with Gasteiger partial charge in [0, 0.05) is 26.1 Å². The minimum absolute atomic E-state index is 0.0169. The normalized spacial score (nSPS) is 22.5. The van der Waals surface area contributed by atoms with E-state index in [0.29, 0.717) is 32.7 Å². The fraction of sp³-hybridized carbons (Fsp3) is 0.500. The fourth-order valence-electron chi connectivity index (χ4n) is 3.29. The van der Waals surface area contributed by atoms with E-state index in [4.69, 9.17) is 9.84 Å². The number of nitrogens with one attached hydrogen (secondary N) is 1. The Bertz CT molecular complexity index is 666.